The van der Waals surface area contributed by atoms with Gasteiger partial charge in [-0.1, -0.05) is 18.2 Å². The van der Waals surface area contributed by atoms with E-state index >= 15 is 0 Å². The van der Waals surface area contributed by atoms with Crippen molar-refractivity contribution in [1.82, 2.24) is 9.71 Å². The number of rotatable bonds is 8. The molecule has 0 fully saturated rings. The standard InChI is InChI=1S/C21H21F2N3O2S3/c22-14-7-8-19(16(23)13-14)31(27,28)25-11-4-3-10-24-21-26-20-15-5-1-2-6-17(15)29-12-9-18(20)30-21/h1-2,5-8,13,25H,3-4,9-12H2,(H,24,26). The number of aromatic nitrogens is 1. The van der Waals surface area contributed by atoms with Crippen LogP contribution in [0.1, 0.15) is 17.7 Å². The van der Waals surface area contributed by atoms with E-state index in [9.17, 15) is 17.2 Å². The van der Waals surface area contributed by atoms with Crippen molar-refractivity contribution in [1.29, 1.82) is 0 Å². The molecule has 164 valence electrons. The highest BCUT2D eigenvalue weighted by molar-refractivity contribution is 7.99. The number of nitrogens with one attached hydrogen (secondary N) is 2. The Morgan fingerprint density at radius 2 is 1.87 bits per heavy atom. The molecule has 2 heterocycles. The summed E-state index contributed by atoms with van der Waals surface area (Å²) in [5.41, 5.74) is 2.22. The monoisotopic (exact) mass is 481 g/mol. The topological polar surface area (TPSA) is 71.1 Å². The molecule has 1 aromatic heterocycles. The molecule has 0 spiro atoms. The van der Waals surface area contributed by atoms with Gasteiger partial charge < -0.3 is 5.32 Å². The lowest BCUT2D eigenvalue weighted by atomic mass is 10.1. The number of halogens is 2. The highest BCUT2D eigenvalue weighted by Crippen LogP contribution is 2.40. The van der Waals surface area contributed by atoms with Gasteiger partial charge in [-0.25, -0.2) is 26.9 Å². The molecule has 0 unspecified atom stereocenters. The lowest BCUT2D eigenvalue weighted by Crippen LogP contribution is -2.26. The number of thioether (sulfide) groups is 1. The van der Waals surface area contributed by atoms with Gasteiger partial charge in [0.25, 0.3) is 0 Å². The van der Waals surface area contributed by atoms with Gasteiger partial charge in [-0.05, 0) is 37.5 Å². The summed E-state index contributed by atoms with van der Waals surface area (Å²) in [5.74, 6) is -0.887. The normalized spacial score (nSPS) is 13.4. The van der Waals surface area contributed by atoms with Crippen LogP contribution in [0.5, 0.6) is 0 Å². The third kappa shape index (κ3) is 5.25. The lowest BCUT2D eigenvalue weighted by Gasteiger charge is -2.08. The van der Waals surface area contributed by atoms with Crippen LogP contribution >= 0.6 is 23.1 Å². The van der Waals surface area contributed by atoms with Gasteiger partial charge in [-0.15, -0.1) is 23.1 Å². The zero-order valence-electron chi connectivity index (χ0n) is 16.5. The number of benzene rings is 2. The van der Waals surface area contributed by atoms with Gasteiger partial charge in [0.2, 0.25) is 10.0 Å². The maximum atomic E-state index is 13.7. The second-order valence-corrected chi connectivity index (χ2v) is 10.9. The summed E-state index contributed by atoms with van der Waals surface area (Å²) < 4.78 is 53.4. The molecule has 0 radical (unpaired) electrons. The summed E-state index contributed by atoms with van der Waals surface area (Å²) in [5, 5.41) is 4.18. The van der Waals surface area contributed by atoms with Crippen LogP contribution in [0.3, 0.4) is 0 Å². The quantitative estimate of drug-likeness (QED) is 0.448. The fraction of sp³-hybridized carbons (Fsp3) is 0.286. The Balaban J connectivity index is 1.27. The number of fused-ring (bicyclic) bond motifs is 3. The van der Waals surface area contributed by atoms with Gasteiger partial charge in [-0.2, -0.15) is 0 Å². The summed E-state index contributed by atoms with van der Waals surface area (Å²) >= 11 is 3.51. The molecule has 0 saturated heterocycles. The van der Waals surface area contributed by atoms with Gasteiger partial charge in [0.15, 0.2) is 5.13 Å². The van der Waals surface area contributed by atoms with Crippen molar-refractivity contribution in [3.8, 4) is 11.3 Å². The molecule has 3 aromatic rings. The molecule has 1 aliphatic heterocycles. The average Bonchev–Trinajstić information content (AvgIpc) is 3.05. The molecular formula is C21H21F2N3O2S3. The summed E-state index contributed by atoms with van der Waals surface area (Å²) in [4.78, 5) is 6.75. The summed E-state index contributed by atoms with van der Waals surface area (Å²) in [6.45, 7) is 0.815. The van der Waals surface area contributed by atoms with Crippen LogP contribution in [0.15, 0.2) is 52.3 Å². The Bertz CT molecular complexity index is 1180. The van der Waals surface area contributed by atoms with Crippen molar-refractivity contribution >= 4 is 38.3 Å². The highest BCUT2D eigenvalue weighted by atomic mass is 32.2. The summed E-state index contributed by atoms with van der Waals surface area (Å²) in [6.07, 6.45) is 2.26. The Morgan fingerprint density at radius 1 is 1.06 bits per heavy atom. The van der Waals surface area contributed by atoms with Crippen molar-refractivity contribution in [3.05, 3.63) is 59.0 Å². The first-order chi connectivity index (χ1) is 14.9. The largest absolute Gasteiger partial charge is 0.361 e. The second-order valence-electron chi connectivity index (χ2n) is 6.99. The average molecular weight is 482 g/mol. The molecule has 31 heavy (non-hydrogen) atoms. The zero-order chi connectivity index (χ0) is 21.8. The second kappa shape index (κ2) is 9.64. The van der Waals surface area contributed by atoms with Crippen molar-refractivity contribution in [2.24, 2.45) is 0 Å². The summed E-state index contributed by atoms with van der Waals surface area (Å²) in [7, 11) is -4.01. The van der Waals surface area contributed by atoms with Crippen LogP contribution in [0.25, 0.3) is 11.3 Å². The maximum Gasteiger partial charge on any atom is 0.243 e. The number of nitrogens with zero attached hydrogens (tertiary/aromatic N) is 1. The van der Waals surface area contributed by atoms with Gasteiger partial charge in [0.1, 0.15) is 16.5 Å². The van der Waals surface area contributed by atoms with E-state index in [1.165, 1.54) is 15.3 Å². The summed E-state index contributed by atoms with van der Waals surface area (Å²) in [6, 6.07) is 10.7. The van der Waals surface area contributed by atoms with Crippen molar-refractivity contribution < 1.29 is 17.2 Å². The van der Waals surface area contributed by atoms with Gasteiger partial charge in [0, 0.05) is 40.2 Å². The smallest absolute Gasteiger partial charge is 0.243 e. The van der Waals surface area contributed by atoms with Crippen LogP contribution in [-0.4, -0.2) is 32.2 Å². The molecule has 0 bridgehead atoms. The maximum absolute atomic E-state index is 13.7. The third-order valence-electron chi connectivity index (χ3n) is 4.78. The molecule has 0 aliphatic carbocycles. The first-order valence-corrected chi connectivity index (χ1v) is 13.1. The van der Waals surface area contributed by atoms with Gasteiger partial charge in [0.05, 0.1) is 5.69 Å². The Kier molecular flexibility index (Phi) is 6.90. The van der Waals surface area contributed by atoms with Crippen molar-refractivity contribution in [2.75, 3.05) is 24.2 Å². The molecule has 2 aromatic carbocycles. The highest BCUT2D eigenvalue weighted by Gasteiger charge is 2.20. The minimum Gasteiger partial charge on any atom is -0.361 e. The van der Waals surface area contributed by atoms with Crippen molar-refractivity contribution in [2.45, 2.75) is 29.1 Å². The Morgan fingerprint density at radius 3 is 2.71 bits per heavy atom. The number of thiazole rings is 1. The molecule has 1 aliphatic rings. The van der Waals surface area contributed by atoms with Gasteiger partial charge >= 0.3 is 0 Å². The van der Waals surface area contributed by atoms with E-state index in [-0.39, 0.29) is 6.54 Å². The SMILES string of the molecule is O=S(=O)(NCCCCNc1nc2c(s1)CCSc1ccccc1-2)c1ccc(F)cc1F. The predicted molar refractivity (Wildman–Crippen MR) is 121 cm³/mol. The van der Waals surface area contributed by atoms with E-state index in [0.717, 1.165) is 35.1 Å². The molecular weight excluding hydrogens is 460 g/mol. The Labute approximate surface area is 188 Å². The predicted octanol–water partition coefficient (Wildman–Crippen LogP) is 4.91. The molecule has 5 nitrogen and oxygen atoms in total. The molecule has 0 amide bonds. The van der Waals surface area contributed by atoms with E-state index in [2.05, 4.69) is 22.2 Å². The van der Waals surface area contributed by atoms with Crippen molar-refractivity contribution in [3.63, 3.8) is 0 Å². The van der Waals surface area contributed by atoms with Gasteiger partial charge in [-0.3, -0.25) is 0 Å². The minimum atomic E-state index is -4.01. The van der Waals surface area contributed by atoms with E-state index in [1.807, 2.05) is 23.9 Å². The Hall–Kier alpha value is -2.01. The van der Waals surface area contributed by atoms with Crippen LogP contribution in [0, 0.1) is 11.6 Å². The molecule has 2 N–H and O–H groups in total. The molecule has 4 rings (SSSR count). The van der Waals surface area contributed by atoms with E-state index in [4.69, 9.17) is 4.98 Å². The van der Waals surface area contributed by atoms with Crippen LogP contribution < -0.4 is 10.0 Å². The fourth-order valence-corrected chi connectivity index (χ4v) is 6.55. The zero-order valence-corrected chi connectivity index (χ0v) is 19.0. The van der Waals surface area contributed by atoms with Crippen LogP contribution in [0.4, 0.5) is 13.9 Å². The fourth-order valence-electron chi connectivity index (χ4n) is 3.27. The number of aryl methyl sites for hydroxylation is 1. The first-order valence-electron chi connectivity index (χ1n) is 9.84. The number of anilines is 1. The third-order valence-corrected chi connectivity index (χ3v) is 8.42. The molecule has 0 atom stereocenters. The van der Waals surface area contributed by atoms with Crippen LogP contribution in [-0.2, 0) is 16.4 Å². The van der Waals surface area contributed by atoms with Crippen LogP contribution in [0.2, 0.25) is 0 Å². The number of unbranched alkanes of at least 4 members (excludes halogenated alkanes) is 1. The number of sulfonamides is 1. The number of hydrogen-bond acceptors (Lipinski definition) is 6. The first kappa shape index (κ1) is 22.2. The van der Waals surface area contributed by atoms with E-state index in [1.54, 1.807) is 11.3 Å². The number of hydrogen-bond donors (Lipinski definition) is 2. The lowest BCUT2D eigenvalue weighted by molar-refractivity contribution is 0.542. The minimum absolute atomic E-state index is 0.166. The molecule has 0 saturated carbocycles. The molecule has 10 heteroatoms. The van der Waals surface area contributed by atoms with E-state index in [0.29, 0.717) is 25.5 Å². The van der Waals surface area contributed by atoms with E-state index < -0.39 is 26.6 Å².